The molecular formula is C14H13F3O4. The molecule has 0 amide bonds. The number of hydrogen-bond acceptors (Lipinski definition) is 3. The van der Waals surface area contributed by atoms with Gasteiger partial charge in [0, 0.05) is 6.08 Å². The highest BCUT2D eigenvalue weighted by Gasteiger charge is 2.36. The van der Waals surface area contributed by atoms with E-state index in [9.17, 15) is 22.8 Å². The van der Waals surface area contributed by atoms with Gasteiger partial charge in [0.05, 0.1) is 18.2 Å². The molecule has 0 fully saturated rings. The van der Waals surface area contributed by atoms with Gasteiger partial charge in [-0.1, -0.05) is 13.0 Å². The fraction of sp³-hybridized carbons (Fsp3) is 0.286. The maximum absolute atomic E-state index is 13.0. The number of rotatable bonds is 4. The van der Waals surface area contributed by atoms with E-state index in [0.717, 1.165) is 25.3 Å². The molecule has 1 aromatic rings. The third kappa shape index (κ3) is 4.08. The van der Waals surface area contributed by atoms with Gasteiger partial charge >= 0.3 is 18.1 Å². The molecule has 1 aromatic carbocycles. The van der Waals surface area contributed by atoms with Crippen molar-refractivity contribution in [3.63, 3.8) is 0 Å². The van der Waals surface area contributed by atoms with Crippen LogP contribution in [0.5, 0.6) is 0 Å². The standard InChI is InChI=1S/C14H13F3O4/c1-3-8-6-9(4-5-11(18)21-2)12(13(19)20)10(7-8)14(15,16)17/h4-7H,3H2,1-2H3,(H,19,20). The van der Waals surface area contributed by atoms with Crippen LogP contribution in [0, 0.1) is 0 Å². The lowest BCUT2D eigenvalue weighted by Gasteiger charge is -2.14. The van der Waals surface area contributed by atoms with E-state index in [0.29, 0.717) is 12.0 Å². The van der Waals surface area contributed by atoms with Gasteiger partial charge in [-0.2, -0.15) is 13.2 Å². The first kappa shape index (κ1) is 16.7. The Kier molecular flexibility index (Phi) is 5.12. The number of esters is 1. The molecule has 0 unspecified atom stereocenters. The zero-order chi connectivity index (χ0) is 16.2. The quantitative estimate of drug-likeness (QED) is 0.685. The minimum absolute atomic E-state index is 0.195. The van der Waals surface area contributed by atoms with Crippen molar-refractivity contribution < 1.29 is 32.6 Å². The molecular weight excluding hydrogens is 289 g/mol. The Morgan fingerprint density at radius 3 is 2.38 bits per heavy atom. The van der Waals surface area contributed by atoms with Crippen molar-refractivity contribution in [1.29, 1.82) is 0 Å². The van der Waals surface area contributed by atoms with Gasteiger partial charge in [0.1, 0.15) is 0 Å². The van der Waals surface area contributed by atoms with Crippen molar-refractivity contribution in [2.24, 2.45) is 0 Å². The molecule has 21 heavy (non-hydrogen) atoms. The van der Waals surface area contributed by atoms with Crippen molar-refractivity contribution in [1.82, 2.24) is 0 Å². The molecule has 0 aliphatic carbocycles. The van der Waals surface area contributed by atoms with Crippen LogP contribution >= 0.6 is 0 Å². The Morgan fingerprint density at radius 1 is 1.33 bits per heavy atom. The Labute approximate surface area is 118 Å². The normalized spacial score (nSPS) is 11.7. The molecule has 0 saturated carbocycles. The predicted octanol–water partition coefficient (Wildman–Crippen LogP) is 3.15. The first-order valence-corrected chi connectivity index (χ1v) is 5.94. The van der Waals surface area contributed by atoms with Crippen LogP contribution in [0.4, 0.5) is 13.2 Å². The number of carboxylic acid groups (broad SMARTS) is 1. The summed E-state index contributed by atoms with van der Waals surface area (Å²) < 4.78 is 43.3. The third-order valence-corrected chi connectivity index (χ3v) is 2.76. The first-order chi connectivity index (χ1) is 9.70. The summed E-state index contributed by atoms with van der Waals surface area (Å²) in [6.07, 6.45) is -2.63. The Balaban J connectivity index is 3.57. The second-order valence-electron chi connectivity index (χ2n) is 4.12. The van der Waals surface area contributed by atoms with E-state index in [-0.39, 0.29) is 5.56 Å². The second kappa shape index (κ2) is 6.43. The third-order valence-electron chi connectivity index (χ3n) is 2.76. The van der Waals surface area contributed by atoms with Crippen molar-refractivity contribution in [2.45, 2.75) is 19.5 Å². The van der Waals surface area contributed by atoms with E-state index >= 15 is 0 Å². The predicted molar refractivity (Wildman–Crippen MR) is 68.8 cm³/mol. The summed E-state index contributed by atoms with van der Waals surface area (Å²) in [5.41, 5.74) is -2.00. The zero-order valence-corrected chi connectivity index (χ0v) is 11.3. The SMILES string of the molecule is CCc1cc(C=CC(=O)OC)c(C(=O)O)c(C(F)(F)F)c1. The molecule has 1 N–H and O–H groups in total. The molecule has 0 aliphatic rings. The van der Waals surface area contributed by atoms with Crippen LogP contribution in [0.1, 0.15) is 34.0 Å². The van der Waals surface area contributed by atoms with Crippen LogP contribution in [-0.2, 0) is 22.1 Å². The van der Waals surface area contributed by atoms with Crippen molar-refractivity contribution in [3.8, 4) is 0 Å². The zero-order valence-electron chi connectivity index (χ0n) is 11.3. The van der Waals surface area contributed by atoms with Gasteiger partial charge in [-0.3, -0.25) is 0 Å². The van der Waals surface area contributed by atoms with E-state index in [1.54, 1.807) is 6.92 Å². The Morgan fingerprint density at radius 2 is 1.95 bits per heavy atom. The van der Waals surface area contributed by atoms with Gasteiger partial charge in [-0.05, 0) is 29.7 Å². The van der Waals surface area contributed by atoms with Crippen LogP contribution in [0.15, 0.2) is 18.2 Å². The molecule has 0 bridgehead atoms. The number of ether oxygens (including phenoxy) is 1. The first-order valence-electron chi connectivity index (χ1n) is 5.94. The van der Waals surface area contributed by atoms with Crippen molar-refractivity contribution >= 4 is 18.0 Å². The van der Waals surface area contributed by atoms with Crippen LogP contribution in [-0.4, -0.2) is 24.2 Å². The molecule has 0 aromatic heterocycles. The van der Waals surface area contributed by atoms with Crippen molar-refractivity contribution in [3.05, 3.63) is 40.5 Å². The highest BCUT2D eigenvalue weighted by Crippen LogP contribution is 2.35. The number of hydrogen-bond donors (Lipinski definition) is 1. The van der Waals surface area contributed by atoms with Gasteiger partial charge in [0.15, 0.2) is 0 Å². The largest absolute Gasteiger partial charge is 0.478 e. The minimum Gasteiger partial charge on any atom is -0.478 e. The Hall–Kier alpha value is -2.31. The Bertz CT molecular complexity index is 589. The number of methoxy groups -OCH3 is 1. The maximum Gasteiger partial charge on any atom is 0.417 e. The van der Waals surface area contributed by atoms with Gasteiger partial charge < -0.3 is 9.84 Å². The summed E-state index contributed by atoms with van der Waals surface area (Å²) in [6, 6.07) is 2.11. The average molecular weight is 302 g/mol. The smallest absolute Gasteiger partial charge is 0.417 e. The van der Waals surface area contributed by atoms with Gasteiger partial charge in [-0.15, -0.1) is 0 Å². The molecule has 0 aliphatic heterocycles. The van der Waals surface area contributed by atoms with Gasteiger partial charge in [0.2, 0.25) is 0 Å². The molecule has 0 atom stereocenters. The van der Waals surface area contributed by atoms with Crippen LogP contribution in [0.3, 0.4) is 0 Å². The molecule has 1 rings (SSSR count). The van der Waals surface area contributed by atoms with Crippen LogP contribution < -0.4 is 0 Å². The lowest BCUT2D eigenvalue weighted by molar-refractivity contribution is -0.138. The molecule has 0 spiro atoms. The maximum atomic E-state index is 13.0. The van der Waals surface area contributed by atoms with E-state index in [4.69, 9.17) is 5.11 Å². The summed E-state index contributed by atoms with van der Waals surface area (Å²) in [7, 11) is 1.11. The number of carbonyl (C=O) groups is 2. The number of carboxylic acids is 1. The molecule has 0 heterocycles. The second-order valence-corrected chi connectivity index (χ2v) is 4.12. The molecule has 114 valence electrons. The minimum atomic E-state index is -4.80. The fourth-order valence-corrected chi connectivity index (χ4v) is 1.75. The summed E-state index contributed by atoms with van der Waals surface area (Å²) in [5.74, 6) is -2.50. The monoisotopic (exact) mass is 302 g/mol. The number of benzene rings is 1. The fourth-order valence-electron chi connectivity index (χ4n) is 1.75. The summed E-state index contributed by atoms with van der Waals surface area (Å²) in [5, 5.41) is 9.05. The van der Waals surface area contributed by atoms with E-state index in [1.165, 1.54) is 6.07 Å². The number of carbonyl (C=O) groups excluding carboxylic acids is 1. The van der Waals surface area contributed by atoms with Crippen LogP contribution in [0.25, 0.3) is 6.08 Å². The lowest BCUT2D eigenvalue weighted by Crippen LogP contribution is -2.15. The van der Waals surface area contributed by atoms with E-state index in [2.05, 4.69) is 4.74 Å². The summed E-state index contributed by atoms with van der Waals surface area (Å²) in [4.78, 5) is 22.2. The highest BCUT2D eigenvalue weighted by atomic mass is 19.4. The summed E-state index contributed by atoms with van der Waals surface area (Å²) in [6.45, 7) is 1.64. The summed E-state index contributed by atoms with van der Waals surface area (Å²) >= 11 is 0. The number of aryl methyl sites for hydroxylation is 1. The molecule has 0 saturated heterocycles. The topological polar surface area (TPSA) is 63.6 Å². The van der Waals surface area contributed by atoms with E-state index < -0.39 is 29.2 Å². The number of alkyl halides is 3. The number of halogens is 3. The van der Waals surface area contributed by atoms with Gasteiger partial charge in [0.25, 0.3) is 0 Å². The molecule has 7 heteroatoms. The van der Waals surface area contributed by atoms with Gasteiger partial charge in [-0.25, -0.2) is 9.59 Å². The van der Waals surface area contributed by atoms with Crippen molar-refractivity contribution in [2.75, 3.05) is 7.11 Å². The lowest BCUT2D eigenvalue weighted by atomic mass is 9.95. The molecule has 4 nitrogen and oxygen atoms in total. The van der Waals surface area contributed by atoms with Crippen LogP contribution in [0.2, 0.25) is 0 Å². The number of aromatic carboxylic acids is 1. The average Bonchev–Trinajstić information content (AvgIpc) is 2.42. The molecule has 0 radical (unpaired) electrons. The highest BCUT2D eigenvalue weighted by molar-refractivity contribution is 5.96. The van der Waals surface area contributed by atoms with E-state index in [1.807, 2.05) is 0 Å².